The lowest BCUT2D eigenvalue weighted by Gasteiger charge is -2.15. The van der Waals surface area contributed by atoms with Gasteiger partial charge in [-0.15, -0.1) is 0 Å². The predicted octanol–water partition coefficient (Wildman–Crippen LogP) is 2.05. The lowest BCUT2D eigenvalue weighted by atomic mass is 10.1. The highest BCUT2D eigenvalue weighted by Crippen LogP contribution is 2.03. The maximum Gasteiger partial charge on any atom is 0.289 e. The summed E-state index contributed by atoms with van der Waals surface area (Å²) in [6.45, 7) is 9.35. The minimum Gasteiger partial charge on any atom is -0.321 e. The second-order valence-electron chi connectivity index (χ2n) is 4.76. The summed E-state index contributed by atoms with van der Waals surface area (Å²) in [6, 6.07) is -0.426. The first-order chi connectivity index (χ1) is 9.21. The van der Waals surface area contributed by atoms with E-state index >= 15 is 0 Å². The van der Waals surface area contributed by atoms with Crippen LogP contribution in [0.15, 0.2) is 16.8 Å². The van der Waals surface area contributed by atoms with Crippen molar-refractivity contribution in [2.45, 2.75) is 52.6 Å². The van der Waals surface area contributed by atoms with Gasteiger partial charge in [-0.05, 0) is 41.7 Å². The molecule has 118 valence electrons. The lowest BCUT2D eigenvalue weighted by molar-refractivity contribution is -0.108. The van der Waals surface area contributed by atoms with Gasteiger partial charge in [-0.25, -0.2) is 0 Å². The van der Waals surface area contributed by atoms with Crippen LogP contribution in [0.5, 0.6) is 0 Å². The molecule has 0 amide bonds. The maximum atomic E-state index is 10.2. The number of nitrogens with two attached hydrogens (primary N) is 1. The zero-order chi connectivity index (χ0) is 16.6. The van der Waals surface area contributed by atoms with Crippen LogP contribution in [0.25, 0.3) is 0 Å². The predicted molar refractivity (Wildman–Crippen MR) is 83.3 cm³/mol. The Morgan fingerprint density at radius 1 is 1.35 bits per heavy atom. The summed E-state index contributed by atoms with van der Waals surface area (Å²) < 4.78 is 9.61. The average molecular weight is 289 g/mol. The molecular weight excluding hydrogens is 261 g/mol. The third kappa shape index (κ3) is 25.4. The van der Waals surface area contributed by atoms with Crippen molar-refractivity contribution < 1.29 is 14.0 Å². The molecule has 5 nitrogen and oxygen atoms in total. The van der Waals surface area contributed by atoms with Gasteiger partial charge in [0.15, 0.2) is 0 Å². The number of halogens is 1. The van der Waals surface area contributed by atoms with E-state index in [4.69, 9.17) is 10.5 Å². The van der Waals surface area contributed by atoms with Crippen molar-refractivity contribution in [3.63, 3.8) is 0 Å². The molecule has 0 aliphatic carbocycles. The summed E-state index contributed by atoms with van der Waals surface area (Å²) in [5.41, 5.74) is 6.54. The number of rotatable bonds is 4. The van der Waals surface area contributed by atoms with Gasteiger partial charge < -0.3 is 15.8 Å². The van der Waals surface area contributed by atoms with E-state index in [9.17, 15) is 9.18 Å². The lowest BCUT2D eigenvalue weighted by Crippen LogP contribution is -2.31. The van der Waals surface area contributed by atoms with Gasteiger partial charge in [0.2, 0.25) is 0 Å². The fourth-order valence-corrected chi connectivity index (χ4v) is 0.701. The van der Waals surface area contributed by atoms with Crippen molar-refractivity contribution in [1.82, 2.24) is 5.32 Å². The molecule has 0 heterocycles. The molecule has 0 rings (SSSR count). The second kappa shape index (κ2) is 15.7. The smallest absolute Gasteiger partial charge is 0.289 e. The quantitative estimate of drug-likeness (QED) is 0.471. The number of nitrogens with one attached hydrogen (secondary N) is 1. The van der Waals surface area contributed by atoms with Crippen LogP contribution < -0.4 is 11.1 Å². The zero-order valence-corrected chi connectivity index (χ0v) is 13.3. The van der Waals surface area contributed by atoms with Crippen LogP contribution in [0.2, 0.25) is 0 Å². The fraction of sp³-hybridized carbons (Fsp3) is 0.643. The minimum atomic E-state index is -0.750. The number of nitrogens with zero attached hydrogens (tertiary/aromatic N) is 1. The molecule has 0 fully saturated rings. The molecule has 0 saturated heterocycles. The van der Waals surface area contributed by atoms with Crippen LogP contribution in [0.1, 0.15) is 41.0 Å². The Bertz CT molecular complexity index is 297. The second-order valence-corrected chi connectivity index (χ2v) is 4.76. The third-order valence-electron chi connectivity index (χ3n) is 2.00. The molecule has 20 heavy (non-hydrogen) atoms. The van der Waals surface area contributed by atoms with Gasteiger partial charge in [-0.2, -0.15) is 4.39 Å². The standard InChI is InChI=1S/C8H14N2O.C5H13N.CHFO/c1-3-8(10-4-2)5-7(9)6-11;1-5(2,3)6-4;2-1-3/h3-4,6-7H,5,9H2,1-2H3;6H,1-4H3;1H/b8-3-,10-4?;;. The maximum absolute atomic E-state index is 10.2. The first-order valence-corrected chi connectivity index (χ1v) is 6.29. The Balaban J connectivity index is -0.000000270. The summed E-state index contributed by atoms with van der Waals surface area (Å²) >= 11 is 0. The summed E-state index contributed by atoms with van der Waals surface area (Å²) in [7, 11) is 1.96. The number of hydrogen-bond donors (Lipinski definition) is 2. The highest BCUT2D eigenvalue weighted by molar-refractivity contribution is 5.59. The number of aldehydes is 1. The van der Waals surface area contributed by atoms with Crippen molar-refractivity contribution in [3.8, 4) is 0 Å². The topological polar surface area (TPSA) is 84.5 Å². The van der Waals surface area contributed by atoms with Crippen molar-refractivity contribution in [2.75, 3.05) is 7.05 Å². The van der Waals surface area contributed by atoms with Gasteiger partial charge in [0.25, 0.3) is 6.54 Å². The van der Waals surface area contributed by atoms with Crippen molar-refractivity contribution >= 4 is 19.0 Å². The van der Waals surface area contributed by atoms with Crippen LogP contribution in [-0.4, -0.2) is 37.7 Å². The van der Waals surface area contributed by atoms with Crippen LogP contribution >= 0.6 is 0 Å². The highest BCUT2D eigenvalue weighted by atomic mass is 19.1. The first-order valence-electron chi connectivity index (χ1n) is 6.29. The monoisotopic (exact) mass is 289 g/mol. The number of hydrogen-bond acceptors (Lipinski definition) is 5. The first kappa shape index (κ1) is 23.7. The highest BCUT2D eigenvalue weighted by Gasteiger charge is 2.02. The molecule has 1 unspecified atom stereocenters. The van der Waals surface area contributed by atoms with E-state index < -0.39 is 12.6 Å². The minimum absolute atomic E-state index is 0.292. The summed E-state index contributed by atoms with van der Waals surface area (Å²) in [5, 5.41) is 3.10. The largest absolute Gasteiger partial charge is 0.321 e. The van der Waals surface area contributed by atoms with Gasteiger partial charge >= 0.3 is 0 Å². The Morgan fingerprint density at radius 2 is 1.75 bits per heavy atom. The molecule has 3 N–H and O–H groups in total. The van der Waals surface area contributed by atoms with Gasteiger partial charge in [-0.1, -0.05) is 6.08 Å². The Morgan fingerprint density at radius 3 is 1.95 bits per heavy atom. The number of carbonyl (C=O) groups excluding carboxylic acids is 2. The molecule has 0 saturated carbocycles. The summed E-state index contributed by atoms with van der Waals surface area (Å²) in [6.07, 6.45) is 4.79. The van der Waals surface area contributed by atoms with E-state index in [0.717, 1.165) is 12.0 Å². The van der Waals surface area contributed by atoms with Crippen LogP contribution in [0, 0.1) is 0 Å². The van der Waals surface area contributed by atoms with Crippen LogP contribution in [-0.2, 0) is 9.59 Å². The van der Waals surface area contributed by atoms with E-state index in [1.54, 1.807) is 6.21 Å². The molecule has 0 aliphatic rings. The van der Waals surface area contributed by atoms with E-state index in [2.05, 4.69) is 31.1 Å². The van der Waals surface area contributed by atoms with E-state index in [0.29, 0.717) is 12.0 Å². The fourth-order valence-electron chi connectivity index (χ4n) is 0.701. The van der Waals surface area contributed by atoms with Crippen molar-refractivity contribution in [1.29, 1.82) is 0 Å². The van der Waals surface area contributed by atoms with Gasteiger partial charge in [0.05, 0.1) is 6.04 Å². The molecule has 6 heteroatoms. The molecule has 0 spiro atoms. The number of carbonyl (C=O) groups is 2. The molecule has 0 aromatic carbocycles. The molecule has 0 radical (unpaired) electrons. The SMILES string of the molecule is CC=N/C(=C\C)CC(N)C=O.CNC(C)(C)C.O=CF. The van der Waals surface area contributed by atoms with Crippen LogP contribution in [0.4, 0.5) is 4.39 Å². The number of aliphatic imine (C=N–C) groups is 1. The van der Waals surface area contributed by atoms with Gasteiger partial charge in [-0.3, -0.25) is 9.79 Å². The molecule has 0 aromatic heterocycles. The van der Waals surface area contributed by atoms with E-state index in [1.807, 2.05) is 27.0 Å². The summed E-state index contributed by atoms with van der Waals surface area (Å²) in [4.78, 5) is 22.3. The molecular formula is C14H28FN3O2. The Hall–Kier alpha value is -1.40. The average Bonchev–Trinajstić information content (AvgIpc) is 2.38. The molecule has 0 aliphatic heterocycles. The summed E-state index contributed by atoms with van der Waals surface area (Å²) in [5.74, 6) is 0. The Kier molecular flexibility index (Phi) is 18.5. The van der Waals surface area contributed by atoms with Crippen LogP contribution in [0.3, 0.4) is 0 Å². The zero-order valence-electron chi connectivity index (χ0n) is 13.3. The Labute approximate surface area is 121 Å². The molecule has 0 bridgehead atoms. The van der Waals surface area contributed by atoms with Gasteiger partial charge in [0.1, 0.15) is 6.29 Å². The van der Waals surface area contributed by atoms with E-state index in [1.165, 1.54) is 0 Å². The molecule has 0 aromatic rings. The number of allylic oxidation sites excluding steroid dienone is 1. The van der Waals surface area contributed by atoms with Crippen molar-refractivity contribution in [2.24, 2.45) is 10.7 Å². The van der Waals surface area contributed by atoms with Gasteiger partial charge in [0, 0.05) is 23.9 Å². The molecule has 1 atom stereocenters. The van der Waals surface area contributed by atoms with E-state index in [-0.39, 0.29) is 0 Å². The third-order valence-corrected chi connectivity index (χ3v) is 2.00. The van der Waals surface area contributed by atoms with Crippen molar-refractivity contribution in [3.05, 3.63) is 11.8 Å². The normalized spacial score (nSPS) is 12.7.